The SMILES string of the molecule is CCOC(=O)c1cn(-c2ccc(Cl)cc2)c(CC(C)(C)C)n1. The van der Waals surface area contributed by atoms with Crippen LogP contribution in [0.15, 0.2) is 30.5 Å². The van der Waals surface area contributed by atoms with Crippen molar-refractivity contribution in [2.75, 3.05) is 6.61 Å². The number of ether oxygens (including phenoxy) is 1. The summed E-state index contributed by atoms with van der Waals surface area (Å²) >= 11 is 5.94. The first-order chi connectivity index (χ1) is 10.3. The maximum absolute atomic E-state index is 11.9. The van der Waals surface area contributed by atoms with Gasteiger partial charge >= 0.3 is 5.97 Å². The molecule has 4 nitrogen and oxygen atoms in total. The number of imidazole rings is 1. The van der Waals surface area contributed by atoms with E-state index in [0.717, 1.165) is 17.9 Å². The standard InChI is InChI=1S/C17H21ClN2O2/c1-5-22-16(21)14-11-20(13-8-6-12(18)7-9-13)15(19-14)10-17(2,3)4/h6-9,11H,5,10H2,1-4H3. The van der Waals surface area contributed by atoms with Gasteiger partial charge in [0.15, 0.2) is 5.69 Å². The van der Waals surface area contributed by atoms with Crippen molar-refractivity contribution in [1.29, 1.82) is 0 Å². The van der Waals surface area contributed by atoms with Gasteiger partial charge in [0.25, 0.3) is 0 Å². The first-order valence-corrected chi connectivity index (χ1v) is 7.69. The monoisotopic (exact) mass is 320 g/mol. The summed E-state index contributed by atoms with van der Waals surface area (Å²) in [6.45, 7) is 8.53. The Morgan fingerprint density at radius 1 is 1.27 bits per heavy atom. The molecule has 0 aliphatic heterocycles. The summed E-state index contributed by atoms with van der Waals surface area (Å²) < 4.78 is 6.97. The molecule has 0 N–H and O–H groups in total. The van der Waals surface area contributed by atoms with Gasteiger partial charge in [-0.3, -0.25) is 0 Å². The normalized spacial score (nSPS) is 11.5. The second-order valence-corrected chi connectivity index (χ2v) is 6.78. The van der Waals surface area contributed by atoms with Crippen molar-refractivity contribution >= 4 is 17.6 Å². The van der Waals surface area contributed by atoms with Gasteiger partial charge in [0.05, 0.1) is 6.61 Å². The van der Waals surface area contributed by atoms with E-state index in [-0.39, 0.29) is 5.41 Å². The third-order valence-electron chi connectivity index (χ3n) is 3.06. The maximum atomic E-state index is 11.9. The number of aromatic nitrogens is 2. The summed E-state index contributed by atoms with van der Waals surface area (Å²) in [6.07, 6.45) is 2.47. The molecule has 2 rings (SSSR count). The molecule has 1 aromatic carbocycles. The van der Waals surface area contributed by atoms with Crippen LogP contribution in [0.25, 0.3) is 5.69 Å². The van der Waals surface area contributed by atoms with Crippen LogP contribution >= 0.6 is 11.6 Å². The molecule has 0 atom stereocenters. The second-order valence-electron chi connectivity index (χ2n) is 6.35. The number of halogens is 1. The van der Waals surface area contributed by atoms with Gasteiger partial charge in [-0.05, 0) is 36.6 Å². The van der Waals surface area contributed by atoms with Crippen molar-refractivity contribution in [3.8, 4) is 5.69 Å². The van der Waals surface area contributed by atoms with E-state index < -0.39 is 5.97 Å². The lowest BCUT2D eigenvalue weighted by Gasteiger charge is -2.18. The van der Waals surface area contributed by atoms with Gasteiger partial charge < -0.3 is 9.30 Å². The van der Waals surface area contributed by atoms with E-state index in [1.807, 2.05) is 28.8 Å². The van der Waals surface area contributed by atoms with Crippen LogP contribution in [0, 0.1) is 5.41 Å². The molecule has 0 aliphatic carbocycles. The van der Waals surface area contributed by atoms with Crippen LogP contribution in [0.3, 0.4) is 0 Å². The number of nitrogens with zero attached hydrogens (tertiary/aromatic N) is 2. The molecule has 0 fully saturated rings. The smallest absolute Gasteiger partial charge is 0.358 e. The van der Waals surface area contributed by atoms with E-state index >= 15 is 0 Å². The molecule has 2 aromatic rings. The number of esters is 1. The zero-order valence-electron chi connectivity index (χ0n) is 13.4. The number of carbonyl (C=O) groups excluding carboxylic acids is 1. The van der Waals surface area contributed by atoms with Crippen LogP contribution in [0.2, 0.25) is 5.02 Å². The Morgan fingerprint density at radius 2 is 1.91 bits per heavy atom. The fourth-order valence-electron chi connectivity index (χ4n) is 2.15. The molecule has 0 saturated heterocycles. The summed E-state index contributed by atoms with van der Waals surface area (Å²) in [5, 5.41) is 0.673. The Bertz CT molecular complexity index is 654. The maximum Gasteiger partial charge on any atom is 0.358 e. The second kappa shape index (κ2) is 6.53. The van der Waals surface area contributed by atoms with E-state index in [0.29, 0.717) is 17.3 Å². The van der Waals surface area contributed by atoms with E-state index in [4.69, 9.17) is 16.3 Å². The molecule has 0 radical (unpaired) electrons. The highest BCUT2D eigenvalue weighted by Gasteiger charge is 2.20. The Kier molecular flexibility index (Phi) is 4.91. The number of benzene rings is 1. The summed E-state index contributed by atoms with van der Waals surface area (Å²) in [5.74, 6) is 0.434. The number of hydrogen-bond donors (Lipinski definition) is 0. The molecular formula is C17H21ClN2O2. The predicted octanol–water partition coefficient (Wildman–Crippen LogP) is 4.29. The lowest BCUT2D eigenvalue weighted by atomic mass is 9.92. The van der Waals surface area contributed by atoms with Gasteiger partial charge in [-0.1, -0.05) is 32.4 Å². The molecule has 1 heterocycles. The predicted molar refractivity (Wildman–Crippen MR) is 87.7 cm³/mol. The largest absolute Gasteiger partial charge is 0.461 e. The summed E-state index contributed by atoms with van der Waals surface area (Å²) in [4.78, 5) is 16.4. The van der Waals surface area contributed by atoms with E-state index in [9.17, 15) is 4.79 Å². The zero-order valence-corrected chi connectivity index (χ0v) is 14.1. The molecular weight excluding hydrogens is 300 g/mol. The Morgan fingerprint density at radius 3 is 2.45 bits per heavy atom. The van der Waals surface area contributed by atoms with Crippen molar-refractivity contribution in [3.05, 3.63) is 47.0 Å². The van der Waals surface area contributed by atoms with E-state index in [2.05, 4.69) is 25.8 Å². The lowest BCUT2D eigenvalue weighted by molar-refractivity contribution is 0.0520. The number of rotatable bonds is 4. The average Bonchev–Trinajstić information content (AvgIpc) is 2.82. The van der Waals surface area contributed by atoms with Crippen molar-refractivity contribution < 1.29 is 9.53 Å². The van der Waals surface area contributed by atoms with Crippen LogP contribution in [0.4, 0.5) is 0 Å². The fraction of sp³-hybridized carbons (Fsp3) is 0.412. The average molecular weight is 321 g/mol. The van der Waals surface area contributed by atoms with Crippen LogP contribution < -0.4 is 0 Å². The van der Waals surface area contributed by atoms with Crippen LogP contribution in [0.1, 0.15) is 44.0 Å². The molecule has 0 spiro atoms. The van der Waals surface area contributed by atoms with Crippen molar-refractivity contribution in [2.24, 2.45) is 5.41 Å². The molecule has 0 aliphatic rings. The van der Waals surface area contributed by atoms with Gasteiger partial charge in [-0.15, -0.1) is 0 Å². The molecule has 22 heavy (non-hydrogen) atoms. The van der Waals surface area contributed by atoms with E-state index in [1.165, 1.54) is 0 Å². The minimum absolute atomic E-state index is 0.0570. The molecule has 0 saturated carbocycles. The zero-order chi connectivity index (χ0) is 16.3. The highest BCUT2D eigenvalue weighted by molar-refractivity contribution is 6.30. The van der Waals surface area contributed by atoms with Gasteiger partial charge in [0.2, 0.25) is 0 Å². The van der Waals surface area contributed by atoms with Gasteiger partial charge in [0, 0.05) is 23.3 Å². The quantitative estimate of drug-likeness (QED) is 0.789. The first kappa shape index (κ1) is 16.6. The third kappa shape index (κ3) is 4.10. The fourth-order valence-corrected chi connectivity index (χ4v) is 2.27. The highest BCUT2D eigenvalue weighted by atomic mass is 35.5. The molecule has 0 bridgehead atoms. The molecule has 0 unspecified atom stereocenters. The van der Waals surface area contributed by atoms with Gasteiger partial charge in [0.1, 0.15) is 5.82 Å². The van der Waals surface area contributed by atoms with Crippen molar-refractivity contribution in [3.63, 3.8) is 0 Å². The number of carbonyl (C=O) groups is 1. The third-order valence-corrected chi connectivity index (χ3v) is 3.31. The first-order valence-electron chi connectivity index (χ1n) is 7.31. The summed E-state index contributed by atoms with van der Waals surface area (Å²) in [6, 6.07) is 7.46. The molecule has 5 heteroatoms. The van der Waals surface area contributed by atoms with Crippen molar-refractivity contribution in [2.45, 2.75) is 34.1 Å². The Balaban J connectivity index is 2.45. The van der Waals surface area contributed by atoms with Crippen LogP contribution in [-0.2, 0) is 11.2 Å². The van der Waals surface area contributed by atoms with Gasteiger partial charge in [-0.25, -0.2) is 9.78 Å². The minimum Gasteiger partial charge on any atom is -0.461 e. The summed E-state index contributed by atoms with van der Waals surface area (Å²) in [7, 11) is 0. The van der Waals surface area contributed by atoms with Crippen molar-refractivity contribution in [1.82, 2.24) is 9.55 Å². The minimum atomic E-state index is -0.398. The number of hydrogen-bond acceptors (Lipinski definition) is 3. The van der Waals surface area contributed by atoms with Crippen LogP contribution in [-0.4, -0.2) is 22.1 Å². The van der Waals surface area contributed by atoms with E-state index in [1.54, 1.807) is 13.1 Å². The topological polar surface area (TPSA) is 44.1 Å². The molecule has 0 amide bonds. The highest BCUT2D eigenvalue weighted by Crippen LogP contribution is 2.23. The lowest BCUT2D eigenvalue weighted by Crippen LogP contribution is -2.13. The summed E-state index contributed by atoms with van der Waals surface area (Å²) in [5.41, 5.74) is 1.31. The Hall–Kier alpha value is -1.81. The molecule has 1 aromatic heterocycles. The molecule has 118 valence electrons. The van der Waals surface area contributed by atoms with Crippen LogP contribution in [0.5, 0.6) is 0 Å². The van der Waals surface area contributed by atoms with Gasteiger partial charge in [-0.2, -0.15) is 0 Å². The Labute approximate surface area is 136 Å².